The Morgan fingerprint density at radius 1 is 0.234 bits per heavy atom. The molecule has 5 heteroatoms. The van der Waals surface area contributed by atoms with Crippen LogP contribution in [0.3, 0.4) is 0 Å². The molecule has 0 bridgehead atoms. The van der Waals surface area contributed by atoms with Crippen LogP contribution in [0.2, 0.25) is 0 Å². The molecule has 0 N–H and O–H groups in total. The van der Waals surface area contributed by atoms with Gasteiger partial charge in [0.05, 0.1) is 32.8 Å². The molecule has 0 aliphatic rings. The Hall–Kier alpha value is -10.4. The first kappa shape index (κ1) is 44.2. The summed E-state index contributed by atoms with van der Waals surface area (Å²) in [4.78, 5) is 4.68. The third-order valence-corrected chi connectivity index (χ3v) is 15.3. The zero-order chi connectivity index (χ0) is 50.8. The van der Waals surface area contributed by atoms with E-state index in [2.05, 4.69) is 310 Å². The lowest BCUT2D eigenvalue weighted by Crippen LogP contribution is -2.09. The number of benzene rings is 12. The van der Waals surface area contributed by atoms with Gasteiger partial charge in [0.25, 0.3) is 0 Å². The number of fused-ring (bicyclic) bond motifs is 11. The summed E-state index contributed by atoms with van der Waals surface area (Å²) >= 11 is 0. The van der Waals surface area contributed by atoms with Gasteiger partial charge in [-0.3, -0.25) is 0 Å². The highest BCUT2D eigenvalue weighted by Gasteiger charge is 2.25. The van der Waals surface area contributed by atoms with Gasteiger partial charge in [-0.25, -0.2) is 0 Å². The molecule has 15 aromatic rings. The Labute approximate surface area is 445 Å². The average molecular weight is 985 g/mol. The van der Waals surface area contributed by atoms with Gasteiger partial charge < -0.3 is 23.4 Å². The maximum absolute atomic E-state index is 7.63. The van der Waals surface area contributed by atoms with Crippen molar-refractivity contribution in [3.8, 4) is 33.6 Å². The van der Waals surface area contributed by atoms with Crippen LogP contribution in [0, 0.1) is 0 Å². The summed E-state index contributed by atoms with van der Waals surface area (Å²) in [7, 11) is 0. The molecular weight excluding hydrogens is 937 g/mol. The summed E-state index contributed by atoms with van der Waals surface area (Å²) in [5.74, 6) is 0. The van der Waals surface area contributed by atoms with Gasteiger partial charge in [-0.15, -0.1) is 0 Å². The molecule has 0 radical (unpaired) electrons. The number of aromatic nitrogens is 2. The topological polar surface area (TPSA) is 29.5 Å². The van der Waals surface area contributed by atoms with Crippen LogP contribution in [0.5, 0.6) is 0 Å². The number of nitrogens with zero attached hydrogens (tertiary/aromatic N) is 4. The second kappa shape index (κ2) is 18.2. The van der Waals surface area contributed by atoms with E-state index in [1.807, 2.05) is 0 Å². The first-order valence-corrected chi connectivity index (χ1v) is 26.2. The van der Waals surface area contributed by atoms with Crippen LogP contribution in [-0.2, 0) is 0 Å². The Morgan fingerprint density at radius 3 is 0.870 bits per heavy atom. The minimum Gasteiger partial charge on any atom is -0.455 e. The molecule has 0 fully saturated rings. The van der Waals surface area contributed by atoms with Crippen molar-refractivity contribution in [1.82, 2.24) is 9.13 Å². The highest BCUT2D eigenvalue weighted by Crippen LogP contribution is 2.48. The quantitative estimate of drug-likeness (QED) is 0.137. The van der Waals surface area contributed by atoms with E-state index in [1.54, 1.807) is 0 Å². The van der Waals surface area contributed by atoms with Gasteiger partial charge in [0.2, 0.25) is 0 Å². The molecule has 0 atom stereocenters. The first-order valence-electron chi connectivity index (χ1n) is 26.2. The SMILES string of the molecule is c1ccc(-c2ccc(-n3c4ccc(N(c5ccccc5)c5ccccc5)cc4c4c5oc6c(ccc7c6c6cc(N(c8ccccc8)c8ccccc8)ccc6n7-c6ccc(-c7ccccc7)cc6)c5ccc43)cc2)cc1. The van der Waals surface area contributed by atoms with Crippen molar-refractivity contribution in [1.29, 1.82) is 0 Å². The first-order chi connectivity index (χ1) is 38.2. The average Bonchev–Trinajstić information content (AvgIpc) is 4.17. The molecule has 362 valence electrons. The molecule has 0 unspecified atom stereocenters. The lowest BCUT2D eigenvalue weighted by molar-refractivity contribution is 0.677. The molecule has 15 rings (SSSR count). The van der Waals surface area contributed by atoms with Gasteiger partial charge in [0, 0.05) is 67.0 Å². The number of anilines is 6. The zero-order valence-corrected chi connectivity index (χ0v) is 41.9. The van der Waals surface area contributed by atoms with Gasteiger partial charge >= 0.3 is 0 Å². The molecule has 0 aliphatic carbocycles. The summed E-state index contributed by atoms with van der Waals surface area (Å²) in [6.45, 7) is 0. The lowest BCUT2D eigenvalue weighted by atomic mass is 10.0. The summed E-state index contributed by atoms with van der Waals surface area (Å²) < 4.78 is 12.4. The van der Waals surface area contributed by atoms with Crippen LogP contribution in [0.4, 0.5) is 34.1 Å². The standard InChI is InChI=1S/C72H48N4O/c1-7-19-49(20-8-1)51-31-35-57(36-32-51)75-65-43-39-59(73(53-23-11-3-12-24-53)54-25-13-4-14-26-54)47-63(65)69-67(75)45-41-61-62-42-46-68-70(72(62)77-71(61)69)64-48-60(74(55-27-15-5-16-28-55)56-29-17-6-18-30-56)40-44-66(64)76(68)58-37-33-52(34-38-58)50-21-9-2-10-22-50/h1-48H. The van der Waals surface area contributed by atoms with Crippen LogP contribution in [0.1, 0.15) is 0 Å². The van der Waals surface area contributed by atoms with Crippen molar-refractivity contribution < 1.29 is 4.42 Å². The smallest absolute Gasteiger partial charge is 0.145 e. The normalized spacial score (nSPS) is 11.6. The number of hydrogen-bond acceptors (Lipinski definition) is 3. The minimum atomic E-state index is 0.859. The van der Waals surface area contributed by atoms with Gasteiger partial charge in [0.15, 0.2) is 0 Å². The summed E-state index contributed by atoms with van der Waals surface area (Å²) in [6.07, 6.45) is 0. The van der Waals surface area contributed by atoms with E-state index in [0.717, 1.165) is 111 Å². The molecule has 3 aromatic heterocycles. The Morgan fingerprint density at radius 2 is 0.532 bits per heavy atom. The third-order valence-electron chi connectivity index (χ3n) is 15.3. The van der Waals surface area contributed by atoms with Crippen LogP contribution >= 0.6 is 0 Å². The molecule has 77 heavy (non-hydrogen) atoms. The van der Waals surface area contributed by atoms with Crippen molar-refractivity contribution in [2.24, 2.45) is 0 Å². The molecule has 0 amide bonds. The summed E-state index contributed by atoms with van der Waals surface area (Å²) in [5, 5.41) is 6.48. The third kappa shape index (κ3) is 7.39. The summed E-state index contributed by atoms with van der Waals surface area (Å²) in [5.41, 5.74) is 19.4. The minimum absolute atomic E-state index is 0.859. The molecule has 12 aromatic carbocycles. The van der Waals surface area contributed by atoms with E-state index in [4.69, 9.17) is 4.42 Å². The van der Waals surface area contributed by atoms with E-state index < -0.39 is 0 Å². The number of hydrogen-bond donors (Lipinski definition) is 0. The Kier molecular flexibility index (Phi) is 10.5. The van der Waals surface area contributed by atoms with E-state index in [9.17, 15) is 0 Å². The second-order valence-corrected chi connectivity index (χ2v) is 19.7. The van der Waals surface area contributed by atoms with Gasteiger partial charge in [-0.1, -0.05) is 158 Å². The van der Waals surface area contributed by atoms with Crippen molar-refractivity contribution in [3.63, 3.8) is 0 Å². The molecule has 0 saturated heterocycles. The molecular formula is C72H48N4O. The van der Waals surface area contributed by atoms with Crippen molar-refractivity contribution >= 4 is 99.7 Å². The van der Waals surface area contributed by atoms with E-state index in [1.165, 1.54) is 22.3 Å². The predicted molar refractivity (Wildman–Crippen MR) is 323 cm³/mol. The van der Waals surface area contributed by atoms with Crippen LogP contribution in [-0.4, -0.2) is 9.13 Å². The van der Waals surface area contributed by atoms with Crippen molar-refractivity contribution in [3.05, 3.63) is 291 Å². The largest absolute Gasteiger partial charge is 0.455 e. The maximum Gasteiger partial charge on any atom is 0.145 e. The number of rotatable bonds is 10. The molecule has 0 spiro atoms. The van der Waals surface area contributed by atoms with Crippen LogP contribution in [0.15, 0.2) is 296 Å². The predicted octanol–water partition coefficient (Wildman–Crippen LogP) is 20.1. The number of para-hydroxylation sites is 4. The fourth-order valence-electron chi connectivity index (χ4n) is 11.8. The summed E-state index contributed by atoms with van der Waals surface area (Å²) in [6, 6.07) is 105. The van der Waals surface area contributed by atoms with Crippen molar-refractivity contribution in [2.45, 2.75) is 0 Å². The maximum atomic E-state index is 7.63. The fourth-order valence-corrected chi connectivity index (χ4v) is 11.8. The van der Waals surface area contributed by atoms with Gasteiger partial charge in [-0.05, 0) is 156 Å². The molecule has 5 nitrogen and oxygen atoms in total. The lowest BCUT2D eigenvalue weighted by Gasteiger charge is -2.25. The molecule has 3 heterocycles. The van der Waals surface area contributed by atoms with E-state index in [0.29, 0.717) is 0 Å². The number of furan rings is 1. The van der Waals surface area contributed by atoms with Crippen LogP contribution < -0.4 is 9.80 Å². The Bertz CT molecular complexity index is 4250. The highest BCUT2D eigenvalue weighted by molar-refractivity contribution is 6.29. The second-order valence-electron chi connectivity index (χ2n) is 19.7. The molecule has 0 aliphatic heterocycles. The van der Waals surface area contributed by atoms with Gasteiger partial charge in [0.1, 0.15) is 11.2 Å². The van der Waals surface area contributed by atoms with Gasteiger partial charge in [-0.2, -0.15) is 0 Å². The van der Waals surface area contributed by atoms with Crippen LogP contribution in [0.25, 0.3) is 99.2 Å². The Balaban J connectivity index is 1.01. The van der Waals surface area contributed by atoms with E-state index >= 15 is 0 Å². The van der Waals surface area contributed by atoms with Crippen molar-refractivity contribution in [2.75, 3.05) is 9.80 Å². The monoisotopic (exact) mass is 984 g/mol. The molecule has 0 saturated carbocycles. The fraction of sp³-hybridized carbons (Fsp3) is 0. The van der Waals surface area contributed by atoms with E-state index in [-0.39, 0.29) is 0 Å². The highest BCUT2D eigenvalue weighted by atomic mass is 16.3. The zero-order valence-electron chi connectivity index (χ0n) is 41.9.